The van der Waals surface area contributed by atoms with Crippen LogP contribution in [0.3, 0.4) is 0 Å². The number of amides is 2. The van der Waals surface area contributed by atoms with Crippen LogP contribution in [0, 0.1) is 0 Å². The number of hydrogen-bond donors (Lipinski definition) is 0. The van der Waals surface area contributed by atoms with E-state index < -0.39 is 10.0 Å². The molecule has 1 aromatic carbocycles. The van der Waals surface area contributed by atoms with Crippen molar-refractivity contribution in [2.75, 3.05) is 45.6 Å². The highest BCUT2D eigenvalue weighted by molar-refractivity contribution is 7.89. The molecule has 0 aliphatic carbocycles. The third-order valence-electron chi connectivity index (χ3n) is 6.46. The van der Waals surface area contributed by atoms with E-state index in [1.807, 2.05) is 34.5 Å². The summed E-state index contributed by atoms with van der Waals surface area (Å²) in [5.41, 5.74) is 0.911. The molecule has 1 saturated heterocycles. The van der Waals surface area contributed by atoms with Crippen LogP contribution in [0.25, 0.3) is 0 Å². The summed E-state index contributed by atoms with van der Waals surface area (Å²) in [4.78, 5) is 31.1. The molecule has 0 unspecified atom stereocenters. The molecule has 0 saturated carbocycles. The van der Waals surface area contributed by atoms with Crippen LogP contribution in [0.5, 0.6) is 0 Å². The molecule has 0 bridgehead atoms. The van der Waals surface area contributed by atoms with Crippen LogP contribution in [-0.4, -0.2) is 86.0 Å². The van der Waals surface area contributed by atoms with Gasteiger partial charge in [0.05, 0.1) is 25.3 Å². The Balaban J connectivity index is 1.73. The number of ether oxygens (including phenoxy) is 1. The zero-order valence-electron chi connectivity index (χ0n) is 21.5. The number of sulfonamides is 1. The second-order valence-electron chi connectivity index (χ2n) is 9.16. The van der Waals surface area contributed by atoms with Gasteiger partial charge < -0.3 is 14.5 Å². The summed E-state index contributed by atoms with van der Waals surface area (Å²) in [6.45, 7) is 3.34. The minimum atomic E-state index is -3.59. The molecule has 37 heavy (non-hydrogen) atoms. The van der Waals surface area contributed by atoms with Gasteiger partial charge in [-0.3, -0.25) is 9.59 Å². The zero-order valence-corrected chi connectivity index (χ0v) is 23.9. The summed E-state index contributed by atoms with van der Waals surface area (Å²) in [7, 11) is -2.08. The molecule has 0 spiro atoms. The Labute approximate surface area is 229 Å². The van der Waals surface area contributed by atoms with Crippen LogP contribution in [0.2, 0.25) is 5.02 Å². The fraction of sp³-hybridized carbons (Fsp3) is 0.538. The summed E-state index contributed by atoms with van der Waals surface area (Å²) >= 11 is 7.62. The lowest BCUT2D eigenvalue weighted by molar-refractivity contribution is -0.137. The quantitative estimate of drug-likeness (QED) is 0.367. The van der Waals surface area contributed by atoms with E-state index in [4.69, 9.17) is 16.3 Å². The van der Waals surface area contributed by atoms with Crippen molar-refractivity contribution in [3.05, 3.63) is 57.2 Å². The molecule has 8 nitrogen and oxygen atoms in total. The summed E-state index contributed by atoms with van der Waals surface area (Å²) in [5, 5.41) is 2.57. The van der Waals surface area contributed by atoms with Gasteiger partial charge in [-0.15, -0.1) is 11.3 Å². The predicted molar refractivity (Wildman–Crippen MR) is 147 cm³/mol. The first-order valence-electron chi connectivity index (χ1n) is 12.5. The van der Waals surface area contributed by atoms with E-state index in [9.17, 15) is 18.0 Å². The van der Waals surface area contributed by atoms with Crippen LogP contribution in [-0.2, 0) is 37.3 Å². The highest BCUT2D eigenvalue weighted by Gasteiger charge is 2.32. The van der Waals surface area contributed by atoms with E-state index in [-0.39, 0.29) is 43.3 Å². The highest BCUT2D eigenvalue weighted by atomic mass is 35.5. The van der Waals surface area contributed by atoms with Gasteiger partial charge in [0.1, 0.15) is 0 Å². The number of nitrogens with zero attached hydrogens (tertiary/aromatic N) is 3. The first-order chi connectivity index (χ1) is 17.7. The second-order valence-corrected chi connectivity index (χ2v) is 12.7. The molecule has 0 radical (unpaired) electrons. The normalized spacial score (nSPS) is 14.8. The summed E-state index contributed by atoms with van der Waals surface area (Å²) in [5.74, 6) is -0.187. The number of thiophene rings is 1. The first-order valence-corrected chi connectivity index (χ1v) is 15.4. The topological polar surface area (TPSA) is 87.2 Å². The SMILES string of the molecule is CCCS(=O)(=O)N(CCOC)CC(=O)N(Cc1ccc(Cl)cc1)C1CCN(C(=O)Cc2cccs2)CC1. The minimum Gasteiger partial charge on any atom is -0.383 e. The maximum atomic E-state index is 13.6. The molecule has 0 atom stereocenters. The maximum absolute atomic E-state index is 13.6. The molecule has 3 rings (SSSR count). The van der Waals surface area contributed by atoms with Crippen molar-refractivity contribution in [2.24, 2.45) is 0 Å². The van der Waals surface area contributed by atoms with E-state index in [1.165, 1.54) is 11.4 Å². The van der Waals surface area contributed by atoms with Crippen molar-refractivity contribution in [2.45, 2.75) is 45.2 Å². The molecule has 0 N–H and O–H groups in total. The lowest BCUT2D eigenvalue weighted by atomic mass is 10.0. The number of likely N-dealkylation sites (tertiary alicyclic amines) is 1. The smallest absolute Gasteiger partial charge is 0.238 e. The summed E-state index contributed by atoms with van der Waals surface area (Å²) in [6.07, 6.45) is 2.12. The number of piperidine rings is 1. The molecular formula is C26H36ClN3O5S2. The van der Waals surface area contributed by atoms with Gasteiger partial charge >= 0.3 is 0 Å². The molecule has 2 aromatic rings. The summed E-state index contributed by atoms with van der Waals surface area (Å²) in [6, 6.07) is 11.1. The van der Waals surface area contributed by atoms with Gasteiger partial charge in [-0.2, -0.15) is 4.31 Å². The fourth-order valence-corrected chi connectivity index (χ4v) is 6.70. The summed E-state index contributed by atoms with van der Waals surface area (Å²) < 4.78 is 32.0. The standard InChI is InChI=1S/C26H36ClN3O5S2/c1-3-17-37(33,34)29(14-15-35-2)20-26(32)30(19-21-6-8-22(27)9-7-21)23-10-12-28(13-11-23)25(31)18-24-5-4-16-36-24/h4-9,16,23H,3,10-15,17-20H2,1-2H3. The zero-order chi connectivity index (χ0) is 26.8. The van der Waals surface area contributed by atoms with E-state index in [0.717, 1.165) is 10.4 Å². The Kier molecular flexibility index (Phi) is 11.4. The maximum Gasteiger partial charge on any atom is 0.238 e. The van der Waals surface area contributed by atoms with Gasteiger partial charge in [0.15, 0.2) is 0 Å². The molecule has 1 aliphatic rings. The Morgan fingerprint density at radius 1 is 1.16 bits per heavy atom. The van der Waals surface area contributed by atoms with Gasteiger partial charge in [-0.05, 0) is 48.4 Å². The van der Waals surface area contributed by atoms with Gasteiger partial charge in [0, 0.05) is 49.2 Å². The van der Waals surface area contributed by atoms with Crippen molar-refractivity contribution in [1.29, 1.82) is 0 Å². The van der Waals surface area contributed by atoms with Crippen LogP contribution in [0.1, 0.15) is 36.6 Å². The first kappa shape index (κ1) is 29.6. The molecule has 1 aromatic heterocycles. The number of halogens is 1. The monoisotopic (exact) mass is 569 g/mol. The van der Waals surface area contributed by atoms with E-state index in [2.05, 4.69) is 0 Å². The van der Waals surface area contributed by atoms with E-state index in [1.54, 1.807) is 35.3 Å². The van der Waals surface area contributed by atoms with E-state index in [0.29, 0.717) is 50.3 Å². The second kappa shape index (κ2) is 14.2. The van der Waals surface area contributed by atoms with Crippen molar-refractivity contribution in [3.63, 3.8) is 0 Å². The molecule has 204 valence electrons. The Morgan fingerprint density at radius 2 is 1.86 bits per heavy atom. The number of hydrogen-bond acceptors (Lipinski definition) is 6. The average molecular weight is 570 g/mol. The average Bonchev–Trinajstić information content (AvgIpc) is 3.39. The minimum absolute atomic E-state index is 0.0219. The van der Waals surface area contributed by atoms with Crippen LogP contribution in [0.4, 0.5) is 0 Å². The molecular weight excluding hydrogens is 534 g/mol. The Morgan fingerprint density at radius 3 is 2.46 bits per heavy atom. The van der Waals surface area contributed by atoms with Gasteiger partial charge in [0.2, 0.25) is 21.8 Å². The van der Waals surface area contributed by atoms with Crippen LogP contribution in [0.15, 0.2) is 41.8 Å². The number of methoxy groups -OCH3 is 1. The van der Waals surface area contributed by atoms with E-state index >= 15 is 0 Å². The van der Waals surface area contributed by atoms with Gasteiger partial charge in [-0.25, -0.2) is 8.42 Å². The third-order valence-corrected chi connectivity index (χ3v) is 9.61. The van der Waals surface area contributed by atoms with Crippen molar-refractivity contribution < 1.29 is 22.7 Å². The largest absolute Gasteiger partial charge is 0.383 e. The number of rotatable bonds is 13. The molecule has 1 fully saturated rings. The molecule has 2 heterocycles. The Bertz CT molecular complexity index is 1100. The number of carbonyl (C=O) groups excluding carboxylic acids is 2. The lowest BCUT2D eigenvalue weighted by Gasteiger charge is -2.39. The van der Waals surface area contributed by atoms with Crippen molar-refractivity contribution >= 4 is 44.8 Å². The van der Waals surface area contributed by atoms with Crippen molar-refractivity contribution in [3.8, 4) is 0 Å². The fourth-order valence-electron chi connectivity index (χ4n) is 4.45. The van der Waals surface area contributed by atoms with Gasteiger partial charge in [-0.1, -0.05) is 36.7 Å². The predicted octanol–water partition coefficient (Wildman–Crippen LogP) is 3.65. The van der Waals surface area contributed by atoms with Crippen LogP contribution < -0.4 is 0 Å². The van der Waals surface area contributed by atoms with Crippen LogP contribution >= 0.6 is 22.9 Å². The van der Waals surface area contributed by atoms with Crippen molar-refractivity contribution in [1.82, 2.24) is 14.1 Å². The molecule has 2 amide bonds. The number of carbonyl (C=O) groups is 2. The molecule has 1 aliphatic heterocycles. The highest BCUT2D eigenvalue weighted by Crippen LogP contribution is 2.22. The third kappa shape index (κ3) is 8.78. The van der Waals surface area contributed by atoms with Gasteiger partial charge in [0.25, 0.3) is 0 Å². The Hall–Kier alpha value is -1.98. The lowest BCUT2D eigenvalue weighted by Crippen LogP contribution is -2.52. The molecule has 11 heteroatoms. The number of benzene rings is 1.